The van der Waals surface area contributed by atoms with Gasteiger partial charge in [0, 0.05) is 37.2 Å². The van der Waals surface area contributed by atoms with Crippen LogP contribution < -0.4 is 5.19 Å². The standard InChI is InChI=1S/C20H18NSSi.C14H12N.Ir/c1-23(2,3)18-12-7-9-15-14-8-6-10-16(19(14)22-20(15)18)17-11-4-5-13-21-17;1-2-4-12(5-3-1)14-9-8-13(10-15-14)11-6-7-11;/h4-9,11-13H,1-3H3;1-4,8-11H,6-7H2;/q2*-1;. The van der Waals surface area contributed by atoms with Crippen molar-refractivity contribution in [3.05, 3.63) is 115 Å². The topological polar surface area (TPSA) is 25.8 Å². The summed E-state index contributed by atoms with van der Waals surface area (Å²) in [5.74, 6) is 0.784. The molecule has 0 amide bonds. The molecule has 1 saturated carbocycles. The third kappa shape index (κ3) is 5.97. The van der Waals surface area contributed by atoms with Crippen LogP contribution in [0, 0.1) is 12.1 Å². The zero-order valence-corrected chi connectivity index (χ0v) is 26.6. The smallest absolute Gasteiger partial charge is 0.0794 e. The molecule has 3 aromatic carbocycles. The van der Waals surface area contributed by atoms with Crippen LogP contribution in [0.25, 0.3) is 42.7 Å². The molecule has 7 rings (SSSR count). The molecule has 1 fully saturated rings. The first-order chi connectivity index (χ1) is 18.5. The summed E-state index contributed by atoms with van der Waals surface area (Å²) in [6.07, 6.45) is 6.52. The van der Waals surface area contributed by atoms with Gasteiger partial charge in [-0.15, -0.1) is 59.7 Å². The van der Waals surface area contributed by atoms with E-state index in [1.165, 1.54) is 38.6 Å². The Labute approximate surface area is 249 Å². The second-order valence-electron chi connectivity index (χ2n) is 10.9. The van der Waals surface area contributed by atoms with E-state index < -0.39 is 8.07 Å². The van der Waals surface area contributed by atoms with E-state index in [2.05, 4.69) is 84.2 Å². The maximum atomic E-state index is 4.52. The number of fused-ring (bicyclic) bond motifs is 3. The summed E-state index contributed by atoms with van der Waals surface area (Å²) in [5.41, 5.74) is 5.58. The van der Waals surface area contributed by atoms with Crippen molar-refractivity contribution >= 4 is 44.8 Å². The van der Waals surface area contributed by atoms with E-state index >= 15 is 0 Å². The number of thiophene rings is 1. The van der Waals surface area contributed by atoms with Crippen molar-refractivity contribution in [1.82, 2.24) is 9.97 Å². The molecule has 1 aliphatic rings. The fourth-order valence-electron chi connectivity index (χ4n) is 4.83. The third-order valence-electron chi connectivity index (χ3n) is 7.01. The SMILES string of the molecule is C[Si](C)(C)c1cccc2c1sc1c(-c3ccccn3)[c-]ccc12.[Ir].[c-]1ccccc1-c1ccc(C2CC2)cn1. The number of hydrogen-bond acceptors (Lipinski definition) is 3. The quantitative estimate of drug-likeness (QED) is 0.135. The molecule has 5 heteroatoms. The fourth-order valence-corrected chi connectivity index (χ4v) is 8.54. The molecule has 0 atom stereocenters. The van der Waals surface area contributed by atoms with Crippen LogP contribution in [0.3, 0.4) is 0 Å². The van der Waals surface area contributed by atoms with Crippen LogP contribution in [-0.2, 0) is 20.1 Å². The van der Waals surface area contributed by atoms with Gasteiger partial charge in [0.05, 0.1) is 8.07 Å². The van der Waals surface area contributed by atoms with Gasteiger partial charge < -0.3 is 9.97 Å². The zero-order valence-electron chi connectivity index (χ0n) is 22.4. The molecule has 0 spiro atoms. The molecule has 2 nitrogen and oxygen atoms in total. The van der Waals surface area contributed by atoms with Crippen molar-refractivity contribution in [2.24, 2.45) is 0 Å². The van der Waals surface area contributed by atoms with Gasteiger partial charge in [-0.25, -0.2) is 0 Å². The van der Waals surface area contributed by atoms with Crippen LogP contribution in [0.5, 0.6) is 0 Å². The molecule has 197 valence electrons. The zero-order chi connectivity index (χ0) is 26.1. The molecule has 6 aromatic rings. The van der Waals surface area contributed by atoms with Crippen LogP contribution in [0.4, 0.5) is 0 Å². The van der Waals surface area contributed by atoms with Gasteiger partial charge in [-0.2, -0.15) is 11.3 Å². The van der Waals surface area contributed by atoms with E-state index in [9.17, 15) is 0 Å². The summed E-state index contributed by atoms with van der Waals surface area (Å²) in [6, 6.07) is 35.9. The van der Waals surface area contributed by atoms with Gasteiger partial charge in [0.25, 0.3) is 0 Å². The molecule has 0 unspecified atom stereocenters. The maximum absolute atomic E-state index is 4.52. The Kier molecular flexibility index (Phi) is 8.25. The van der Waals surface area contributed by atoms with Crippen LogP contribution in [0.2, 0.25) is 19.6 Å². The molecule has 3 heterocycles. The van der Waals surface area contributed by atoms with E-state index in [1.807, 2.05) is 66.2 Å². The van der Waals surface area contributed by atoms with Gasteiger partial charge in [0.1, 0.15) is 0 Å². The summed E-state index contributed by atoms with van der Waals surface area (Å²) >= 11 is 1.90. The Hall–Kier alpha value is -2.95. The minimum Gasteiger partial charge on any atom is -0.305 e. The molecule has 0 saturated heterocycles. The second kappa shape index (κ2) is 11.7. The summed E-state index contributed by atoms with van der Waals surface area (Å²) < 4.78 is 2.74. The first-order valence-corrected chi connectivity index (χ1v) is 17.5. The van der Waals surface area contributed by atoms with Crippen molar-refractivity contribution < 1.29 is 20.1 Å². The van der Waals surface area contributed by atoms with Gasteiger partial charge in [-0.3, -0.25) is 0 Å². The van der Waals surface area contributed by atoms with Crippen molar-refractivity contribution in [2.75, 3.05) is 0 Å². The number of rotatable bonds is 4. The van der Waals surface area contributed by atoms with Crippen molar-refractivity contribution in [2.45, 2.75) is 38.4 Å². The van der Waals surface area contributed by atoms with E-state index in [1.54, 1.807) is 5.19 Å². The Morgan fingerprint density at radius 2 is 1.56 bits per heavy atom. The van der Waals surface area contributed by atoms with Gasteiger partial charge in [-0.1, -0.05) is 67.5 Å². The number of hydrogen-bond donors (Lipinski definition) is 0. The average molecular weight is 719 g/mol. The van der Waals surface area contributed by atoms with Crippen LogP contribution in [0.15, 0.2) is 97.3 Å². The minimum absolute atomic E-state index is 0. The Bertz CT molecular complexity index is 1690. The van der Waals surface area contributed by atoms with E-state index in [4.69, 9.17) is 0 Å². The molecule has 3 aromatic heterocycles. The number of pyridine rings is 2. The van der Waals surface area contributed by atoms with Gasteiger partial charge in [-0.05, 0) is 57.1 Å². The Morgan fingerprint density at radius 3 is 2.23 bits per heavy atom. The molecule has 1 radical (unpaired) electrons. The number of benzene rings is 3. The normalized spacial score (nSPS) is 13.0. The summed E-state index contributed by atoms with van der Waals surface area (Å²) in [7, 11) is -1.37. The van der Waals surface area contributed by atoms with Crippen molar-refractivity contribution in [1.29, 1.82) is 0 Å². The summed E-state index contributed by atoms with van der Waals surface area (Å²) in [6.45, 7) is 7.24. The molecule has 39 heavy (non-hydrogen) atoms. The number of nitrogens with zero attached hydrogens (tertiary/aromatic N) is 2. The van der Waals surface area contributed by atoms with Crippen LogP contribution in [-0.4, -0.2) is 18.0 Å². The van der Waals surface area contributed by atoms with E-state index in [-0.39, 0.29) is 20.1 Å². The van der Waals surface area contributed by atoms with Crippen molar-refractivity contribution in [3.8, 4) is 22.5 Å². The first-order valence-electron chi connectivity index (χ1n) is 13.2. The van der Waals surface area contributed by atoms with Gasteiger partial charge >= 0.3 is 0 Å². The molecule has 0 aliphatic heterocycles. The summed E-state index contributed by atoms with van der Waals surface area (Å²) in [5, 5.41) is 4.24. The predicted molar refractivity (Wildman–Crippen MR) is 165 cm³/mol. The first kappa shape index (κ1) is 27.6. The molecular weight excluding hydrogens is 689 g/mol. The monoisotopic (exact) mass is 719 g/mol. The molecule has 0 N–H and O–H groups in total. The third-order valence-corrected chi connectivity index (χ3v) is 10.5. The van der Waals surface area contributed by atoms with Gasteiger partial charge in [0.2, 0.25) is 0 Å². The van der Waals surface area contributed by atoms with Gasteiger partial charge in [0.15, 0.2) is 0 Å². The second-order valence-corrected chi connectivity index (χ2v) is 16.9. The summed E-state index contributed by atoms with van der Waals surface area (Å²) in [4.78, 5) is 9.00. The molecule has 0 bridgehead atoms. The van der Waals surface area contributed by atoms with Crippen molar-refractivity contribution in [3.63, 3.8) is 0 Å². The Balaban J connectivity index is 0.000000167. The van der Waals surface area contributed by atoms with E-state index in [0.29, 0.717) is 0 Å². The predicted octanol–water partition coefficient (Wildman–Crippen LogP) is 8.89. The molecule has 1 aliphatic carbocycles. The maximum Gasteiger partial charge on any atom is 0.0794 e. The van der Waals surface area contributed by atoms with Crippen LogP contribution in [0.1, 0.15) is 24.3 Å². The Morgan fingerprint density at radius 1 is 0.744 bits per heavy atom. The minimum atomic E-state index is -1.37. The average Bonchev–Trinajstić information content (AvgIpc) is 3.73. The number of aromatic nitrogens is 2. The molecular formula is C34H30IrN2SSi-2. The fraction of sp³-hybridized carbons (Fsp3) is 0.176. The van der Waals surface area contributed by atoms with Crippen LogP contribution >= 0.6 is 11.3 Å². The largest absolute Gasteiger partial charge is 0.305 e. The van der Waals surface area contributed by atoms with E-state index in [0.717, 1.165) is 28.4 Å².